The Morgan fingerprint density at radius 3 is 1.31 bits per heavy atom. The summed E-state index contributed by atoms with van der Waals surface area (Å²) in [6.07, 6.45) is -7.20. The van der Waals surface area contributed by atoms with Crippen LogP contribution in [0.25, 0.3) is 0 Å². The van der Waals surface area contributed by atoms with Crippen molar-refractivity contribution in [1.82, 2.24) is 20.6 Å². The maximum absolute atomic E-state index is 13.4. The summed E-state index contributed by atoms with van der Waals surface area (Å²) in [5.74, 6) is -0.624. The fourth-order valence-corrected chi connectivity index (χ4v) is 6.20. The quantitative estimate of drug-likeness (QED) is 0.0328. The summed E-state index contributed by atoms with van der Waals surface area (Å²) in [5, 5.41) is 10.7. The van der Waals surface area contributed by atoms with E-state index in [1.807, 2.05) is 13.8 Å². The first-order valence-electron chi connectivity index (χ1n) is 20.4. The molecule has 0 radical (unpaired) electrons. The molecule has 0 unspecified atom stereocenters. The highest BCUT2D eigenvalue weighted by molar-refractivity contribution is 8.13. The number of benzene rings is 4. The number of alkyl halides is 6. The first-order valence-corrected chi connectivity index (χ1v) is 25.0. The third kappa shape index (κ3) is 20.5. The average Bonchev–Trinajstić information content (AvgIpc) is 3.26. The number of nitrogens with zero attached hydrogens (tertiary/aromatic N) is 4. The van der Waals surface area contributed by atoms with Gasteiger partial charge in [0.1, 0.15) is 23.3 Å². The molecular formula is C46H45ClF6N10O6S2. The Morgan fingerprint density at radius 2 is 0.930 bits per heavy atom. The van der Waals surface area contributed by atoms with Crippen LogP contribution in [0.5, 0.6) is 0 Å². The fourth-order valence-electron chi connectivity index (χ4n) is 5.70. The zero-order valence-electron chi connectivity index (χ0n) is 37.9. The van der Waals surface area contributed by atoms with Gasteiger partial charge in [-0.1, -0.05) is 83.9 Å². The number of nitrogens with two attached hydrogens (primary N) is 1. The van der Waals surface area contributed by atoms with Gasteiger partial charge in [-0.3, -0.25) is 24.9 Å². The van der Waals surface area contributed by atoms with Crippen LogP contribution >= 0.6 is 10.7 Å². The number of sulfonamides is 1. The van der Waals surface area contributed by atoms with Gasteiger partial charge in [0, 0.05) is 21.8 Å². The number of nitrogens with one attached hydrogen (secondary N) is 5. The van der Waals surface area contributed by atoms with Crippen LogP contribution < -0.4 is 31.7 Å². The van der Waals surface area contributed by atoms with E-state index >= 15 is 0 Å². The van der Waals surface area contributed by atoms with Gasteiger partial charge in [0.05, 0.1) is 36.7 Å². The van der Waals surface area contributed by atoms with E-state index in [1.165, 1.54) is 54.6 Å². The van der Waals surface area contributed by atoms with Crippen molar-refractivity contribution in [1.29, 1.82) is 0 Å². The Hall–Kier alpha value is -7.57. The summed E-state index contributed by atoms with van der Waals surface area (Å²) in [4.78, 5) is 41.8. The van der Waals surface area contributed by atoms with Crippen LogP contribution in [0, 0.1) is 13.8 Å². The number of aliphatic imine (C=N–C) groups is 2. The van der Waals surface area contributed by atoms with Gasteiger partial charge < -0.3 is 16.4 Å². The second kappa shape index (κ2) is 24.8. The van der Waals surface area contributed by atoms with Crippen molar-refractivity contribution in [2.24, 2.45) is 9.98 Å². The van der Waals surface area contributed by atoms with E-state index in [-0.39, 0.29) is 52.9 Å². The molecule has 0 aliphatic rings. The molecule has 0 saturated heterocycles. The predicted molar refractivity (Wildman–Crippen MR) is 262 cm³/mol. The zero-order valence-corrected chi connectivity index (χ0v) is 40.3. The number of amides is 2. The minimum atomic E-state index is -4.57. The van der Waals surface area contributed by atoms with Gasteiger partial charge in [-0.15, -0.1) is 0 Å². The number of carbonyl (C=O) groups excluding carboxylic acids is 2. The topological polar surface area (TPSA) is 239 Å². The lowest BCUT2D eigenvalue weighted by Gasteiger charge is -2.14. The SMILES string of the molecule is CS(=O)(=O)Cl.Cc1ccc(C(=O)NC(=NCc2ccccc2C(F)(F)F)Nc2cccc(N)n2)cc1.Cc1ccc(C(=O)NC(=NCc2ccccc2C(F)(F)F)Nc2cccc(NS(C)(=O)=O)n2)cc1. The molecule has 25 heteroatoms. The van der Waals surface area contributed by atoms with Crippen molar-refractivity contribution in [3.63, 3.8) is 0 Å². The molecule has 7 N–H and O–H groups in total. The number of guanidine groups is 2. The summed E-state index contributed by atoms with van der Waals surface area (Å²) in [6.45, 7) is 3.04. The largest absolute Gasteiger partial charge is 0.416 e. The van der Waals surface area contributed by atoms with Gasteiger partial charge in [0.15, 0.2) is 0 Å². The lowest BCUT2D eigenvalue weighted by atomic mass is 10.1. The number of aromatic nitrogens is 2. The van der Waals surface area contributed by atoms with Gasteiger partial charge in [-0.25, -0.2) is 36.8 Å². The smallest absolute Gasteiger partial charge is 0.384 e. The van der Waals surface area contributed by atoms with Crippen LogP contribution in [0.2, 0.25) is 0 Å². The molecule has 0 aliphatic carbocycles. The highest BCUT2D eigenvalue weighted by Crippen LogP contribution is 2.33. The maximum Gasteiger partial charge on any atom is 0.416 e. The Labute approximate surface area is 409 Å². The van der Waals surface area contributed by atoms with Crippen LogP contribution in [-0.4, -0.2) is 63.0 Å². The van der Waals surface area contributed by atoms with Gasteiger partial charge in [0.2, 0.25) is 31.0 Å². The van der Waals surface area contributed by atoms with Gasteiger partial charge >= 0.3 is 12.4 Å². The number of aryl methyl sites for hydroxylation is 2. The number of carbonyl (C=O) groups is 2. The number of pyridine rings is 2. The lowest BCUT2D eigenvalue weighted by molar-refractivity contribution is -0.139. The van der Waals surface area contributed by atoms with Crippen molar-refractivity contribution in [2.75, 3.05) is 33.6 Å². The molecule has 4 aromatic carbocycles. The normalized spacial score (nSPS) is 12.0. The monoisotopic (exact) mass is 1050 g/mol. The first-order chi connectivity index (χ1) is 33.1. The van der Waals surface area contributed by atoms with Gasteiger partial charge in [-0.2, -0.15) is 26.3 Å². The molecule has 0 atom stereocenters. The van der Waals surface area contributed by atoms with E-state index < -0.39 is 60.9 Å². The van der Waals surface area contributed by atoms with Crippen LogP contribution in [0.3, 0.4) is 0 Å². The van der Waals surface area contributed by atoms with E-state index in [2.05, 4.69) is 56.6 Å². The number of nitrogen functional groups attached to an aromatic ring is 1. The van der Waals surface area contributed by atoms with Gasteiger partial charge in [-0.05, 0) is 85.6 Å². The zero-order chi connectivity index (χ0) is 52.6. The Morgan fingerprint density at radius 1 is 0.563 bits per heavy atom. The minimum Gasteiger partial charge on any atom is -0.384 e. The second-order valence-corrected chi connectivity index (χ2v) is 19.7. The average molecular weight is 1050 g/mol. The molecule has 0 aliphatic heterocycles. The van der Waals surface area contributed by atoms with Crippen molar-refractivity contribution in [3.05, 3.63) is 178 Å². The van der Waals surface area contributed by atoms with Crippen LogP contribution in [0.1, 0.15) is 54.1 Å². The van der Waals surface area contributed by atoms with E-state index in [9.17, 15) is 52.8 Å². The number of hydrogen-bond acceptors (Lipinski definition) is 11. The summed E-state index contributed by atoms with van der Waals surface area (Å²) in [7, 11) is -2.28. The Balaban J connectivity index is 0.000000283. The third-order valence-electron chi connectivity index (χ3n) is 8.85. The fraction of sp³-hybridized carbons (Fsp3) is 0.174. The van der Waals surface area contributed by atoms with E-state index in [1.54, 1.807) is 66.7 Å². The maximum atomic E-state index is 13.4. The number of hydrogen-bond donors (Lipinski definition) is 6. The third-order valence-corrected chi connectivity index (χ3v) is 9.43. The molecule has 0 fully saturated rings. The molecule has 6 aromatic rings. The Kier molecular flexibility index (Phi) is 19.6. The molecule has 2 aromatic heterocycles. The minimum absolute atomic E-state index is 0.00382. The van der Waals surface area contributed by atoms with Crippen LogP contribution in [-0.2, 0) is 44.5 Å². The van der Waals surface area contributed by atoms with Crippen molar-refractivity contribution < 1.29 is 52.8 Å². The predicted octanol–water partition coefficient (Wildman–Crippen LogP) is 8.75. The summed E-state index contributed by atoms with van der Waals surface area (Å²) in [6, 6.07) is 32.8. The second-order valence-electron chi connectivity index (χ2n) is 14.9. The summed E-state index contributed by atoms with van der Waals surface area (Å²) >= 11 is 0. The standard InChI is InChI=1S/C23H22F3N5O3S.C22H20F3N5O.CH3ClO2S/c1-15-10-12-16(13-11-15)21(32)30-22(27-14-17-6-3-4-7-18(17)23(24,25)26)29-19-8-5-9-20(28-19)31-35(2,33)34;1-14-9-11-15(12-10-14)20(31)30-21(29-19-8-4-7-18(26)28-19)27-13-16-5-2-3-6-17(16)22(23,24)25;1-5(2,3)4/h3-13H,14H2,1-2H3,(H3,27,28,29,30,31,32);2-12H,13H2,1H3,(H4,26,27,28,29,30,31);1H3. The Bertz CT molecular complexity index is 3080. The van der Waals surface area contributed by atoms with Crippen molar-refractivity contribution >= 4 is 76.8 Å². The number of anilines is 4. The molecule has 0 spiro atoms. The summed E-state index contributed by atoms with van der Waals surface area (Å²) < 4.78 is 124. The molecule has 0 bridgehead atoms. The molecule has 6 rings (SSSR count). The molecule has 0 saturated carbocycles. The summed E-state index contributed by atoms with van der Waals surface area (Å²) in [5.41, 5.74) is 6.52. The molecular weight excluding hydrogens is 1000 g/mol. The first kappa shape index (κ1) is 56.0. The molecule has 16 nitrogen and oxygen atoms in total. The molecule has 2 heterocycles. The highest BCUT2D eigenvalue weighted by atomic mass is 35.7. The van der Waals surface area contributed by atoms with E-state index in [0.717, 1.165) is 35.8 Å². The lowest BCUT2D eigenvalue weighted by Crippen LogP contribution is -2.36. The molecule has 2 amide bonds. The van der Waals surface area contributed by atoms with E-state index in [4.69, 9.17) is 5.73 Å². The number of halogens is 7. The molecule has 71 heavy (non-hydrogen) atoms. The van der Waals surface area contributed by atoms with Gasteiger partial charge in [0.25, 0.3) is 11.8 Å². The van der Waals surface area contributed by atoms with Crippen molar-refractivity contribution in [3.8, 4) is 0 Å². The van der Waals surface area contributed by atoms with Crippen molar-refractivity contribution in [2.45, 2.75) is 39.3 Å². The van der Waals surface area contributed by atoms with E-state index in [0.29, 0.717) is 11.1 Å². The molecule has 376 valence electrons. The van der Waals surface area contributed by atoms with Crippen LogP contribution in [0.15, 0.2) is 143 Å². The highest BCUT2D eigenvalue weighted by Gasteiger charge is 2.33. The number of rotatable bonds is 10. The van der Waals surface area contributed by atoms with Crippen LogP contribution in [0.4, 0.5) is 49.6 Å².